The highest BCUT2D eigenvalue weighted by molar-refractivity contribution is 9.11. The summed E-state index contributed by atoms with van der Waals surface area (Å²) in [6, 6.07) is 7.21. The van der Waals surface area contributed by atoms with E-state index in [-0.39, 0.29) is 15.6 Å². The van der Waals surface area contributed by atoms with E-state index in [1.54, 1.807) is 12.1 Å². The van der Waals surface area contributed by atoms with Gasteiger partial charge in [-0.2, -0.15) is 5.26 Å². The molecular formula is C14H5Br4F2NO2. The lowest BCUT2D eigenvalue weighted by molar-refractivity contribution is 0.0691. The van der Waals surface area contributed by atoms with Crippen molar-refractivity contribution in [3.05, 3.63) is 64.9 Å². The van der Waals surface area contributed by atoms with Crippen molar-refractivity contribution in [2.24, 2.45) is 0 Å². The number of carboxylic acids is 1. The summed E-state index contributed by atoms with van der Waals surface area (Å²) in [5.41, 5.74) is -0.314. The van der Waals surface area contributed by atoms with Gasteiger partial charge in [-0.3, -0.25) is 0 Å². The van der Waals surface area contributed by atoms with Crippen molar-refractivity contribution in [3.8, 4) is 6.07 Å². The summed E-state index contributed by atoms with van der Waals surface area (Å²) in [6.45, 7) is 0. The van der Waals surface area contributed by atoms with E-state index >= 15 is 0 Å². The number of nitrogens with zero attached hydrogens (tertiary/aromatic N) is 1. The van der Waals surface area contributed by atoms with Crippen LogP contribution < -0.4 is 0 Å². The molecule has 0 spiro atoms. The molecule has 0 heterocycles. The van der Waals surface area contributed by atoms with Gasteiger partial charge in [0.25, 0.3) is 0 Å². The quantitative estimate of drug-likeness (QED) is 0.435. The molecule has 0 atom stereocenters. The van der Waals surface area contributed by atoms with E-state index < -0.39 is 17.6 Å². The SMILES string of the molecule is N#Cc1c(F)cc(Br)cc1Br.O=C(O)c1c(F)cc(Br)cc1Br. The van der Waals surface area contributed by atoms with Crippen molar-refractivity contribution in [1.29, 1.82) is 5.26 Å². The fraction of sp³-hybridized carbons (Fsp3) is 0. The fourth-order valence-electron chi connectivity index (χ4n) is 1.40. The largest absolute Gasteiger partial charge is 0.478 e. The maximum Gasteiger partial charge on any atom is 0.339 e. The molecule has 0 bridgehead atoms. The van der Waals surface area contributed by atoms with Crippen molar-refractivity contribution in [2.75, 3.05) is 0 Å². The van der Waals surface area contributed by atoms with Crippen molar-refractivity contribution in [2.45, 2.75) is 0 Å². The van der Waals surface area contributed by atoms with Crippen LogP contribution >= 0.6 is 63.7 Å². The molecule has 0 aliphatic heterocycles. The molecule has 0 saturated carbocycles. The number of carboxylic acid groups (broad SMARTS) is 1. The summed E-state index contributed by atoms with van der Waals surface area (Å²) in [6.07, 6.45) is 0. The first kappa shape index (κ1) is 20.2. The van der Waals surface area contributed by atoms with Gasteiger partial charge >= 0.3 is 5.97 Å². The van der Waals surface area contributed by atoms with E-state index in [0.717, 1.165) is 6.07 Å². The molecule has 0 amide bonds. The molecule has 0 saturated heterocycles. The minimum atomic E-state index is -1.29. The average molecular weight is 577 g/mol. The standard InChI is InChI=1S/C7H2Br2FN.C7H3Br2FO2/c8-4-1-6(9)5(3-11)7(10)2-4;8-3-1-4(9)6(7(11)12)5(10)2-3/h1-2H;1-2H,(H,11,12). The maximum atomic E-state index is 12.9. The molecule has 0 aromatic heterocycles. The van der Waals surface area contributed by atoms with E-state index in [4.69, 9.17) is 10.4 Å². The maximum absolute atomic E-state index is 12.9. The second kappa shape index (κ2) is 8.87. The lowest BCUT2D eigenvalue weighted by atomic mass is 10.2. The Hall–Kier alpha value is -0.820. The molecule has 2 rings (SSSR count). The van der Waals surface area contributed by atoms with Crippen molar-refractivity contribution >= 4 is 69.7 Å². The Morgan fingerprint density at radius 1 is 0.957 bits per heavy atom. The van der Waals surface area contributed by atoms with Gasteiger partial charge in [0, 0.05) is 17.9 Å². The minimum Gasteiger partial charge on any atom is -0.478 e. The third-order valence-electron chi connectivity index (χ3n) is 2.34. The van der Waals surface area contributed by atoms with Crippen LogP contribution in [0.1, 0.15) is 15.9 Å². The summed E-state index contributed by atoms with van der Waals surface area (Å²) < 4.78 is 27.5. The molecule has 3 nitrogen and oxygen atoms in total. The number of hydrogen-bond acceptors (Lipinski definition) is 2. The Morgan fingerprint density at radius 2 is 1.43 bits per heavy atom. The highest BCUT2D eigenvalue weighted by Gasteiger charge is 2.14. The van der Waals surface area contributed by atoms with Crippen LogP contribution in [0.25, 0.3) is 0 Å². The molecule has 1 N–H and O–H groups in total. The van der Waals surface area contributed by atoms with Crippen LogP contribution in [0.5, 0.6) is 0 Å². The zero-order chi connectivity index (χ0) is 17.7. The number of rotatable bonds is 1. The highest BCUT2D eigenvalue weighted by atomic mass is 79.9. The summed E-state index contributed by atoms with van der Waals surface area (Å²) in [4.78, 5) is 10.5. The molecule has 0 aliphatic rings. The molecule has 0 radical (unpaired) electrons. The van der Waals surface area contributed by atoms with Crippen LogP contribution in [0.2, 0.25) is 0 Å². The van der Waals surface area contributed by atoms with Gasteiger partial charge in [0.2, 0.25) is 0 Å². The Labute approximate surface area is 163 Å². The first-order chi connectivity index (χ1) is 10.7. The number of aromatic carboxylic acids is 1. The lowest BCUT2D eigenvalue weighted by Crippen LogP contribution is -2.01. The molecule has 0 unspecified atom stereocenters. The Kier molecular flexibility index (Phi) is 7.80. The van der Waals surface area contributed by atoms with Gasteiger partial charge in [0.15, 0.2) is 0 Å². The summed E-state index contributed by atoms with van der Waals surface area (Å²) in [5.74, 6) is -2.57. The number of hydrogen-bond donors (Lipinski definition) is 1. The smallest absolute Gasteiger partial charge is 0.339 e. The molecule has 2 aromatic carbocycles. The Morgan fingerprint density at radius 3 is 1.83 bits per heavy atom. The van der Waals surface area contributed by atoms with Crippen molar-refractivity contribution in [1.82, 2.24) is 0 Å². The summed E-state index contributed by atoms with van der Waals surface area (Å²) in [7, 11) is 0. The third kappa shape index (κ3) is 5.64. The molecule has 2 aromatic rings. The van der Waals surface area contributed by atoms with Crippen LogP contribution in [0.4, 0.5) is 8.78 Å². The zero-order valence-corrected chi connectivity index (χ0v) is 17.2. The van der Waals surface area contributed by atoms with E-state index in [1.165, 1.54) is 12.1 Å². The third-order valence-corrected chi connectivity index (χ3v) is 4.51. The van der Waals surface area contributed by atoms with Gasteiger partial charge in [0.1, 0.15) is 28.8 Å². The molecule has 9 heteroatoms. The number of carbonyl (C=O) groups is 1. The second-order valence-electron chi connectivity index (χ2n) is 3.91. The molecule has 0 aliphatic carbocycles. The zero-order valence-electron chi connectivity index (χ0n) is 10.9. The van der Waals surface area contributed by atoms with Gasteiger partial charge in [-0.05, 0) is 56.1 Å². The first-order valence-corrected chi connectivity index (χ1v) is 8.77. The monoisotopic (exact) mass is 573 g/mol. The number of halogens is 6. The molecule has 23 heavy (non-hydrogen) atoms. The highest BCUT2D eigenvalue weighted by Crippen LogP contribution is 2.25. The lowest BCUT2D eigenvalue weighted by Gasteiger charge is -2.00. The van der Waals surface area contributed by atoms with Gasteiger partial charge in [-0.25, -0.2) is 13.6 Å². The van der Waals surface area contributed by atoms with Crippen LogP contribution in [-0.4, -0.2) is 11.1 Å². The molecule has 0 fully saturated rings. The Balaban J connectivity index is 0.000000231. The van der Waals surface area contributed by atoms with Gasteiger partial charge in [0.05, 0.1) is 0 Å². The molecular weight excluding hydrogens is 572 g/mol. The average Bonchev–Trinajstić information content (AvgIpc) is 2.36. The fourth-order valence-corrected chi connectivity index (χ4v) is 4.00. The van der Waals surface area contributed by atoms with Crippen molar-refractivity contribution < 1.29 is 18.7 Å². The topological polar surface area (TPSA) is 61.1 Å². The van der Waals surface area contributed by atoms with Crippen LogP contribution in [0.15, 0.2) is 42.2 Å². The predicted octanol–water partition coefficient (Wildman–Crippen LogP) is 6.27. The number of benzene rings is 2. The van der Waals surface area contributed by atoms with Gasteiger partial charge < -0.3 is 5.11 Å². The normalized spacial score (nSPS) is 9.61. The number of nitriles is 1. The van der Waals surface area contributed by atoms with Crippen LogP contribution in [-0.2, 0) is 0 Å². The van der Waals surface area contributed by atoms with Gasteiger partial charge in [-0.15, -0.1) is 0 Å². The van der Waals surface area contributed by atoms with Crippen LogP contribution in [0, 0.1) is 23.0 Å². The van der Waals surface area contributed by atoms with Crippen LogP contribution in [0.3, 0.4) is 0 Å². The van der Waals surface area contributed by atoms with E-state index in [9.17, 15) is 13.6 Å². The van der Waals surface area contributed by atoms with Gasteiger partial charge in [-0.1, -0.05) is 31.9 Å². The van der Waals surface area contributed by atoms with Crippen molar-refractivity contribution in [3.63, 3.8) is 0 Å². The Bertz CT molecular complexity index is 760. The minimum absolute atomic E-state index is 0.0354. The second-order valence-corrected chi connectivity index (χ2v) is 7.45. The molecule has 120 valence electrons. The van der Waals surface area contributed by atoms with E-state index in [0.29, 0.717) is 13.4 Å². The predicted molar refractivity (Wildman–Crippen MR) is 95.3 cm³/mol. The van der Waals surface area contributed by atoms with E-state index in [2.05, 4.69) is 63.7 Å². The summed E-state index contributed by atoms with van der Waals surface area (Å²) >= 11 is 12.1. The van der Waals surface area contributed by atoms with E-state index in [1.807, 2.05) is 0 Å². The summed E-state index contributed by atoms with van der Waals surface area (Å²) in [5, 5.41) is 17.0. The first-order valence-electron chi connectivity index (χ1n) is 5.59.